The standard InChI is InChI=1S/C61H36N4/c62-37-38-22-24-39(25-23-38)43-30-32-51-45-15-5-6-16-46(45)52-33-34-53(59(43)60(51)52)48-31-35-54(47-17-7-4-14-44(47)48)61-63-55(40-12-2-1-3-13-40)36-56(64-61)41-26-28-42(29-27-41)65-57-20-10-8-18-49(57)50-19-9-11-21-58(50)65/h1-36H. The Morgan fingerprint density at radius 1 is 0.338 bits per heavy atom. The monoisotopic (exact) mass is 824 g/mol. The van der Waals surface area contributed by atoms with Crippen LogP contribution in [0.1, 0.15) is 5.56 Å². The van der Waals surface area contributed by atoms with Gasteiger partial charge < -0.3 is 4.57 Å². The van der Waals surface area contributed by atoms with Gasteiger partial charge in [-0.05, 0) is 115 Å². The van der Waals surface area contributed by atoms with E-state index >= 15 is 0 Å². The number of para-hydroxylation sites is 2. The Hall–Kier alpha value is -8.91. The topological polar surface area (TPSA) is 54.5 Å². The van der Waals surface area contributed by atoms with Gasteiger partial charge in [-0.25, -0.2) is 9.97 Å². The van der Waals surface area contributed by atoms with Gasteiger partial charge in [-0.15, -0.1) is 0 Å². The van der Waals surface area contributed by atoms with Crippen LogP contribution in [0.15, 0.2) is 218 Å². The summed E-state index contributed by atoms with van der Waals surface area (Å²) in [4.78, 5) is 10.7. The maximum absolute atomic E-state index is 9.64. The zero-order chi connectivity index (χ0) is 43.0. The highest BCUT2D eigenvalue weighted by molar-refractivity contribution is 6.24. The van der Waals surface area contributed by atoms with Crippen molar-refractivity contribution in [3.8, 4) is 90.2 Å². The van der Waals surface area contributed by atoms with Gasteiger partial charge in [0.25, 0.3) is 0 Å². The van der Waals surface area contributed by atoms with E-state index in [-0.39, 0.29) is 0 Å². The van der Waals surface area contributed by atoms with E-state index in [1.807, 2.05) is 18.2 Å². The number of benzene rings is 10. The first kappa shape index (κ1) is 36.7. The molecule has 0 aliphatic heterocycles. The SMILES string of the molecule is N#Cc1ccc(-c2ccc3c4c(ccc(-c5ccc(-c6nc(-c7ccccc7)cc(-c7ccc(-n8c9ccccc9c9ccccc98)cc7)n6)c6ccccc56)c24)-c2ccccc2-3)cc1. The van der Waals surface area contributed by atoms with Crippen molar-refractivity contribution >= 4 is 43.4 Å². The van der Waals surface area contributed by atoms with Crippen LogP contribution < -0.4 is 0 Å². The molecule has 0 unspecified atom stereocenters. The fourth-order valence-corrected chi connectivity index (χ4v) is 10.3. The maximum atomic E-state index is 9.64. The molecule has 2 heterocycles. The second kappa shape index (κ2) is 14.6. The molecule has 1 aliphatic rings. The molecule has 0 saturated carbocycles. The second-order valence-electron chi connectivity index (χ2n) is 16.8. The van der Waals surface area contributed by atoms with Crippen molar-refractivity contribution in [1.29, 1.82) is 5.26 Å². The Kier molecular flexibility index (Phi) is 8.24. The van der Waals surface area contributed by atoms with E-state index in [9.17, 15) is 5.26 Å². The van der Waals surface area contributed by atoms with Crippen LogP contribution in [0, 0.1) is 11.3 Å². The number of fused-ring (bicyclic) bond motifs is 7. The van der Waals surface area contributed by atoms with E-state index in [0.717, 1.165) is 66.8 Å². The van der Waals surface area contributed by atoms with E-state index in [1.54, 1.807) is 0 Å². The summed E-state index contributed by atoms with van der Waals surface area (Å²) in [5.41, 5.74) is 18.3. The van der Waals surface area contributed by atoms with Gasteiger partial charge >= 0.3 is 0 Å². The lowest BCUT2D eigenvalue weighted by atomic mass is 9.86. The van der Waals surface area contributed by atoms with Gasteiger partial charge in [0.2, 0.25) is 0 Å². The molecule has 0 radical (unpaired) electrons. The summed E-state index contributed by atoms with van der Waals surface area (Å²) in [7, 11) is 0. The van der Waals surface area contributed by atoms with Crippen LogP contribution in [0.25, 0.3) is 127 Å². The highest BCUT2D eigenvalue weighted by Crippen LogP contribution is 2.52. The van der Waals surface area contributed by atoms with Gasteiger partial charge in [0.1, 0.15) is 0 Å². The minimum absolute atomic E-state index is 0.645. The fourth-order valence-electron chi connectivity index (χ4n) is 10.3. The van der Waals surface area contributed by atoms with Crippen LogP contribution in [0.4, 0.5) is 0 Å². The Morgan fingerprint density at radius 3 is 1.40 bits per heavy atom. The lowest BCUT2D eigenvalue weighted by Crippen LogP contribution is -1.98. The molecule has 12 aromatic rings. The van der Waals surface area contributed by atoms with Gasteiger partial charge in [0.05, 0.1) is 34.1 Å². The Bertz CT molecular complexity index is 3850. The molecular formula is C61H36N4. The van der Waals surface area contributed by atoms with E-state index < -0.39 is 0 Å². The summed E-state index contributed by atoms with van der Waals surface area (Å²) in [5.74, 6) is 0.671. The third-order valence-corrected chi connectivity index (χ3v) is 13.2. The number of aromatic nitrogens is 3. The predicted octanol–water partition coefficient (Wildman–Crippen LogP) is 15.7. The van der Waals surface area contributed by atoms with E-state index in [0.29, 0.717) is 11.4 Å². The fraction of sp³-hybridized carbons (Fsp3) is 0. The highest BCUT2D eigenvalue weighted by atomic mass is 15.0. The lowest BCUT2D eigenvalue weighted by Gasteiger charge is -2.18. The predicted molar refractivity (Wildman–Crippen MR) is 268 cm³/mol. The van der Waals surface area contributed by atoms with Crippen molar-refractivity contribution in [3.63, 3.8) is 0 Å². The Labute approximate surface area is 375 Å². The summed E-state index contributed by atoms with van der Waals surface area (Å²) in [5, 5.41) is 16.8. The molecular weight excluding hydrogens is 789 g/mol. The van der Waals surface area contributed by atoms with Crippen molar-refractivity contribution in [1.82, 2.24) is 14.5 Å². The molecule has 300 valence electrons. The van der Waals surface area contributed by atoms with Crippen LogP contribution in [0.5, 0.6) is 0 Å². The van der Waals surface area contributed by atoms with Gasteiger partial charge in [-0.1, -0.05) is 170 Å². The van der Waals surface area contributed by atoms with Crippen LogP contribution >= 0.6 is 0 Å². The largest absolute Gasteiger partial charge is 0.309 e. The van der Waals surface area contributed by atoms with E-state index in [4.69, 9.17) is 9.97 Å². The molecule has 0 atom stereocenters. The first-order valence-corrected chi connectivity index (χ1v) is 22.0. The van der Waals surface area contributed by atoms with Crippen molar-refractivity contribution in [2.24, 2.45) is 0 Å². The normalized spacial score (nSPS) is 11.7. The molecule has 0 amide bonds. The maximum Gasteiger partial charge on any atom is 0.161 e. The molecule has 0 saturated heterocycles. The van der Waals surface area contributed by atoms with Gasteiger partial charge in [-0.3, -0.25) is 0 Å². The number of hydrogen-bond donors (Lipinski definition) is 0. The summed E-state index contributed by atoms with van der Waals surface area (Å²) in [6, 6.07) is 79.7. The first-order chi connectivity index (χ1) is 32.2. The Morgan fingerprint density at radius 2 is 0.785 bits per heavy atom. The lowest BCUT2D eigenvalue weighted by molar-refractivity contribution is 1.17. The summed E-state index contributed by atoms with van der Waals surface area (Å²) in [6.07, 6.45) is 0. The zero-order valence-electron chi connectivity index (χ0n) is 35.1. The minimum Gasteiger partial charge on any atom is -0.309 e. The quantitative estimate of drug-likeness (QED) is 0.168. The third kappa shape index (κ3) is 5.77. The molecule has 10 aromatic carbocycles. The van der Waals surface area contributed by atoms with Crippen molar-refractivity contribution < 1.29 is 0 Å². The summed E-state index contributed by atoms with van der Waals surface area (Å²) in [6.45, 7) is 0. The smallest absolute Gasteiger partial charge is 0.161 e. The molecule has 13 rings (SSSR count). The van der Waals surface area contributed by atoms with E-state index in [1.165, 1.54) is 54.8 Å². The molecule has 1 aliphatic carbocycles. The molecule has 0 N–H and O–H groups in total. The molecule has 0 fully saturated rings. The number of nitriles is 1. The molecule has 65 heavy (non-hydrogen) atoms. The average molecular weight is 825 g/mol. The second-order valence-corrected chi connectivity index (χ2v) is 16.8. The van der Waals surface area contributed by atoms with Crippen molar-refractivity contribution in [3.05, 3.63) is 224 Å². The Balaban J connectivity index is 0.986. The van der Waals surface area contributed by atoms with Gasteiger partial charge in [0, 0.05) is 33.2 Å². The van der Waals surface area contributed by atoms with Crippen LogP contribution in [0.3, 0.4) is 0 Å². The molecule has 2 aromatic heterocycles. The zero-order valence-corrected chi connectivity index (χ0v) is 35.1. The number of nitrogens with zero attached hydrogens (tertiary/aromatic N) is 4. The molecule has 0 spiro atoms. The first-order valence-electron chi connectivity index (χ1n) is 22.0. The van der Waals surface area contributed by atoms with Crippen LogP contribution in [0.2, 0.25) is 0 Å². The molecule has 4 nitrogen and oxygen atoms in total. The van der Waals surface area contributed by atoms with Gasteiger partial charge in [0.15, 0.2) is 5.82 Å². The van der Waals surface area contributed by atoms with Crippen LogP contribution in [-0.2, 0) is 0 Å². The highest BCUT2D eigenvalue weighted by Gasteiger charge is 2.26. The van der Waals surface area contributed by atoms with Crippen LogP contribution in [-0.4, -0.2) is 14.5 Å². The number of hydrogen-bond acceptors (Lipinski definition) is 3. The van der Waals surface area contributed by atoms with Gasteiger partial charge in [-0.2, -0.15) is 5.26 Å². The van der Waals surface area contributed by atoms with Crippen molar-refractivity contribution in [2.45, 2.75) is 0 Å². The van der Waals surface area contributed by atoms with E-state index in [2.05, 4.69) is 211 Å². The summed E-state index contributed by atoms with van der Waals surface area (Å²) < 4.78 is 2.34. The van der Waals surface area contributed by atoms with Crippen molar-refractivity contribution in [2.75, 3.05) is 0 Å². The average Bonchev–Trinajstić information content (AvgIpc) is 3.90. The molecule has 4 heteroatoms. The molecule has 0 bridgehead atoms. The third-order valence-electron chi connectivity index (χ3n) is 13.2. The number of rotatable bonds is 6. The summed E-state index contributed by atoms with van der Waals surface area (Å²) >= 11 is 0. The minimum atomic E-state index is 0.645.